The standard InChI is InChI=1S/C12H13NO/c1-13-6-9(7-13)11-8-14-12-5-3-2-4-10(11)12/h2-5,8-9H,6-7H2,1H3. The molecule has 0 bridgehead atoms. The SMILES string of the molecule is CN1CC(c2coc3ccccc23)C1. The minimum absolute atomic E-state index is 0.670. The van der Waals surface area contributed by atoms with Crippen LogP contribution in [-0.2, 0) is 0 Å². The number of benzene rings is 1. The molecule has 1 fully saturated rings. The maximum atomic E-state index is 5.52. The highest BCUT2D eigenvalue weighted by atomic mass is 16.3. The second-order valence-corrected chi connectivity index (χ2v) is 4.11. The number of hydrogen-bond donors (Lipinski definition) is 0. The van der Waals surface area contributed by atoms with E-state index in [4.69, 9.17) is 4.42 Å². The lowest BCUT2D eigenvalue weighted by atomic mass is 9.92. The number of likely N-dealkylation sites (N-methyl/N-ethyl adjacent to an activating group) is 1. The van der Waals surface area contributed by atoms with Gasteiger partial charge in [-0.15, -0.1) is 0 Å². The van der Waals surface area contributed by atoms with E-state index in [1.807, 2.05) is 18.4 Å². The lowest BCUT2D eigenvalue weighted by molar-refractivity contribution is 0.190. The van der Waals surface area contributed by atoms with E-state index in [0.717, 1.165) is 18.7 Å². The summed E-state index contributed by atoms with van der Waals surface area (Å²) in [5.41, 5.74) is 2.38. The topological polar surface area (TPSA) is 16.4 Å². The number of para-hydroxylation sites is 1. The highest BCUT2D eigenvalue weighted by molar-refractivity contribution is 5.81. The molecule has 0 aliphatic carbocycles. The van der Waals surface area contributed by atoms with Gasteiger partial charge in [0.2, 0.25) is 0 Å². The molecule has 0 N–H and O–H groups in total. The summed E-state index contributed by atoms with van der Waals surface area (Å²) in [7, 11) is 2.15. The van der Waals surface area contributed by atoms with Crippen molar-refractivity contribution in [2.45, 2.75) is 5.92 Å². The Kier molecular flexibility index (Phi) is 1.64. The number of furan rings is 1. The van der Waals surface area contributed by atoms with E-state index in [0.29, 0.717) is 5.92 Å². The van der Waals surface area contributed by atoms with Crippen molar-refractivity contribution in [2.24, 2.45) is 0 Å². The monoisotopic (exact) mass is 187 g/mol. The summed E-state index contributed by atoms with van der Waals surface area (Å²) in [4.78, 5) is 2.33. The summed E-state index contributed by atoms with van der Waals surface area (Å²) in [6.45, 7) is 2.31. The normalized spacial score (nSPS) is 18.6. The number of fused-ring (bicyclic) bond motifs is 1. The first-order valence-corrected chi connectivity index (χ1v) is 4.99. The Morgan fingerprint density at radius 1 is 1.29 bits per heavy atom. The van der Waals surface area contributed by atoms with E-state index in [1.165, 1.54) is 10.9 Å². The molecular weight excluding hydrogens is 174 g/mol. The van der Waals surface area contributed by atoms with Gasteiger partial charge in [0.15, 0.2) is 0 Å². The van der Waals surface area contributed by atoms with Gasteiger partial charge in [-0.1, -0.05) is 18.2 Å². The van der Waals surface area contributed by atoms with Gasteiger partial charge in [0.25, 0.3) is 0 Å². The fourth-order valence-corrected chi connectivity index (χ4v) is 2.21. The second kappa shape index (κ2) is 2.85. The predicted molar refractivity (Wildman–Crippen MR) is 56.5 cm³/mol. The van der Waals surface area contributed by atoms with Crippen LogP contribution in [-0.4, -0.2) is 25.0 Å². The zero-order valence-electron chi connectivity index (χ0n) is 8.23. The Labute approximate surface area is 83.1 Å². The maximum absolute atomic E-state index is 5.52. The van der Waals surface area contributed by atoms with Crippen molar-refractivity contribution in [2.75, 3.05) is 20.1 Å². The minimum Gasteiger partial charge on any atom is -0.464 e. The lowest BCUT2D eigenvalue weighted by Gasteiger charge is -2.35. The van der Waals surface area contributed by atoms with Crippen LogP contribution in [0.2, 0.25) is 0 Å². The highest BCUT2D eigenvalue weighted by Gasteiger charge is 2.27. The van der Waals surface area contributed by atoms with Crippen LogP contribution in [0.5, 0.6) is 0 Å². The maximum Gasteiger partial charge on any atom is 0.134 e. The molecule has 2 aromatic rings. The summed E-state index contributed by atoms with van der Waals surface area (Å²) < 4.78 is 5.52. The van der Waals surface area contributed by atoms with E-state index in [-0.39, 0.29) is 0 Å². The molecule has 0 saturated carbocycles. The van der Waals surface area contributed by atoms with E-state index >= 15 is 0 Å². The van der Waals surface area contributed by atoms with Crippen LogP contribution >= 0.6 is 0 Å². The van der Waals surface area contributed by atoms with E-state index in [9.17, 15) is 0 Å². The number of hydrogen-bond acceptors (Lipinski definition) is 2. The van der Waals surface area contributed by atoms with Crippen LogP contribution in [0.4, 0.5) is 0 Å². The van der Waals surface area contributed by atoms with E-state index in [1.54, 1.807) is 0 Å². The summed E-state index contributed by atoms with van der Waals surface area (Å²) in [6.07, 6.45) is 1.92. The molecule has 2 heterocycles. The van der Waals surface area contributed by atoms with Gasteiger partial charge >= 0.3 is 0 Å². The molecule has 1 saturated heterocycles. The van der Waals surface area contributed by atoms with Crippen molar-refractivity contribution in [1.82, 2.24) is 4.90 Å². The summed E-state index contributed by atoms with van der Waals surface area (Å²) in [5, 5.41) is 1.28. The summed E-state index contributed by atoms with van der Waals surface area (Å²) in [6, 6.07) is 8.26. The van der Waals surface area contributed by atoms with Gasteiger partial charge in [-0.2, -0.15) is 0 Å². The third-order valence-electron chi connectivity index (χ3n) is 3.01. The first kappa shape index (κ1) is 8.06. The molecule has 2 nitrogen and oxygen atoms in total. The smallest absolute Gasteiger partial charge is 0.134 e. The van der Waals surface area contributed by atoms with E-state index in [2.05, 4.69) is 24.1 Å². The van der Waals surface area contributed by atoms with Gasteiger partial charge < -0.3 is 9.32 Å². The van der Waals surface area contributed by atoms with Crippen molar-refractivity contribution in [3.8, 4) is 0 Å². The minimum atomic E-state index is 0.670. The number of nitrogens with zero attached hydrogens (tertiary/aromatic N) is 1. The lowest BCUT2D eigenvalue weighted by Crippen LogP contribution is -2.41. The Hall–Kier alpha value is -1.28. The van der Waals surface area contributed by atoms with Crippen LogP contribution < -0.4 is 0 Å². The largest absolute Gasteiger partial charge is 0.464 e. The highest BCUT2D eigenvalue weighted by Crippen LogP contribution is 2.32. The Morgan fingerprint density at radius 3 is 2.86 bits per heavy atom. The Morgan fingerprint density at radius 2 is 2.07 bits per heavy atom. The van der Waals surface area contributed by atoms with Crippen LogP contribution in [0.1, 0.15) is 11.5 Å². The molecule has 14 heavy (non-hydrogen) atoms. The van der Waals surface area contributed by atoms with Gasteiger partial charge in [-0.3, -0.25) is 0 Å². The molecule has 72 valence electrons. The second-order valence-electron chi connectivity index (χ2n) is 4.11. The molecule has 1 aliphatic rings. The zero-order chi connectivity index (χ0) is 9.54. The third kappa shape index (κ3) is 1.07. The van der Waals surface area contributed by atoms with Gasteiger partial charge in [-0.25, -0.2) is 0 Å². The fourth-order valence-electron chi connectivity index (χ4n) is 2.21. The molecule has 2 heteroatoms. The molecule has 0 spiro atoms. The molecule has 3 rings (SSSR count). The van der Waals surface area contributed by atoms with Crippen molar-refractivity contribution >= 4 is 11.0 Å². The van der Waals surface area contributed by atoms with Crippen molar-refractivity contribution < 1.29 is 4.42 Å². The first-order valence-electron chi connectivity index (χ1n) is 4.99. The van der Waals surface area contributed by atoms with E-state index < -0.39 is 0 Å². The molecule has 1 aromatic carbocycles. The van der Waals surface area contributed by atoms with Gasteiger partial charge in [0, 0.05) is 30.0 Å². The zero-order valence-corrected chi connectivity index (χ0v) is 8.23. The predicted octanol–water partition coefficient (Wildman–Crippen LogP) is 2.46. The molecule has 1 aliphatic heterocycles. The molecule has 1 aromatic heterocycles. The van der Waals surface area contributed by atoms with Crippen LogP contribution in [0, 0.1) is 0 Å². The number of rotatable bonds is 1. The molecular formula is C12H13NO. The van der Waals surface area contributed by atoms with Crippen LogP contribution in [0.25, 0.3) is 11.0 Å². The molecule has 0 amide bonds. The first-order chi connectivity index (χ1) is 6.84. The third-order valence-corrected chi connectivity index (χ3v) is 3.01. The average Bonchev–Trinajstić information content (AvgIpc) is 2.56. The van der Waals surface area contributed by atoms with Crippen LogP contribution in [0.3, 0.4) is 0 Å². The van der Waals surface area contributed by atoms with Crippen molar-refractivity contribution in [3.05, 3.63) is 36.1 Å². The quantitative estimate of drug-likeness (QED) is 0.682. The summed E-state index contributed by atoms with van der Waals surface area (Å²) >= 11 is 0. The molecule has 0 atom stereocenters. The summed E-state index contributed by atoms with van der Waals surface area (Å²) in [5.74, 6) is 0.670. The Bertz CT molecular complexity index is 454. The van der Waals surface area contributed by atoms with Gasteiger partial charge in [0.05, 0.1) is 6.26 Å². The molecule has 0 unspecified atom stereocenters. The average molecular weight is 187 g/mol. The number of likely N-dealkylation sites (tertiary alicyclic amines) is 1. The van der Waals surface area contributed by atoms with Gasteiger partial charge in [-0.05, 0) is 13.1 Å². The van der Waals surface area contributed by atoms with Gasteiger partial charge in [0.1, 0.15) is 5.58 Å². The van der Waals surface area contributed by atoms with Crippen molar-refractivity contribution in [1.29, 1.82) is 0 Å². The Balaban J connectivity index is 2.05. The van der Waals surface area contributed by atoms with Crippen molar-refractivity contribution in [3.63, 3.8) is 0 Å². The molecule has 0 radical (unpaired) electrons. The fraction of sp³-hybridized carbons (Fsp3) is 0.333. The van der Waals surface area contributed by atoms with Crippen LogP contribution in [0.15, 0.2) is 34.9 Å².